The van der Waals surface area contributed by atoms with Gasteiger partial charge in [0.1, 0.15) is 0 Å². The molecule has 6 heteroatoms. The first-order chi connectivity index (χ1) is 8.19. The van der Waals surface area contributed by atoms with Gasteiger partial charge >= 0.3 is 12.1 Å². The monoisotopic (exact) mass is 257 g/mol. The van der Waals surface area contributed by atoms with Crippen molar-refractivity contribution in [1.29, 1.82) is 0 Å². The molecule has 0 bridgehead atoms. The molecule has 1 aromatic carbocycles. The predicted octanol–water partition coefficient (Wildman–Crippen LogP) is 1.82. The third-order valence-corrected chi connectivity index (χ3v) is 2.12. The van der Waals surface area contributed by atoms with Crippen molar-refractivity contribution in [2.45, 2.75) is 6.04 Å². The van der Waals surface area contributed by atoms with Crippen LogP contribution in [0.5, 0.6) is 0 Å². The van der Waals surface area contributed by atoms with Gasteiger partial charge in [-0.3, -0.25) is 0 Å². The van der Waals surface area contributed by atoms with Crippen molar-refractivity contribution in [3.63, 3.8) is 0 Å². The highest BCUT2D eigenvalue weighted by Gasteiger charge is 2.24. The maximum Gasteiger partial charge on any atom is 0.407 e. The van der Waals surface area contributed by atoms with Crippen molar-refractivity contribution in [3.8, 4) is 0 Å². The van der Waals surface area contributed by atoms with Crippen molar-refractivity contribution >= 4 is 23.7 Å². The molecule has 0 spiro atoms. The Morgan fingerprint density at radius 3 is 2.53 bits per heavy atom. The first kappa shape index (κ1) is 13.3. The molecular formula is C11H12ClNO4. The second-order valence-electron chi connectivity index (χ2n) is 3.05. The molecule has 1 aromatic rings. The van der Waals surface area contributed by atoms with Gasteiger partial charge in [0.25, 0.3) is 0 Å². The average molecular weight is 258 g/mol. The number of alkyl halides is 1. The summed E-state index contributed by atoms with van der Waals surface area (Å²) in [6.07, 6.45) is -0.717. The highest BCUT2D eigenvalue weighted by molar-refractivity contribution is 6.17. The second-order valence-corrected chi connectivity index (χ2v) is 3.27. The van der Waals surface area contributed by atoms with Crippen LogP contribution in [0.1, 0.15) is 11.6 Å². The topological polar surface area (TPSA) is 64.6 Å². The summed E-state index contributed by atoms with van der Waals surface area (Å²) in [5.41, 5.74) is 0.591. The molecule has 0 unspecified atom stereocenters. The lowest BCUT2D eigenvalue weighted by molar-refractivity contribution is -0.144. The lowest BCUT2D eigenvalue weighted by Gasteiger charge is -2.16. The van der Waals surface area contributed by atoms with E-state index in [1.54, 1.807) is 30.3 Å². The summed E-state index contributed by atoms with van der Waals surface area (Å²) in [5.74, 6) is -0.642. The fourth-order valence-corrected chi connectivity index (χ4v) is 1.35. The van der Waals surface area contributed by atoms with E-state index < -0.39 is 18.1 Å². The number of esters is 1. The van der Waals surface area contributed by atoms with Crippen molar-refractivity contribution in [3.05, 3.63) is 35.9 Å². The summed E-state index contributed by atoms with van der Waals surface area (Å²) in [7, 11) is 1.21. The van der Waals surface area contributed by atoms with Gasteiger partial charge in [0.2, 0.25) is 0 Å². The molecule has 0 aliphatic carbocycles. The molecule has 0 saturated heterocycles. The molecule has 0 aliphatic heterocycles. The zero-order chi connectivity index (χ0) is 12.7. The van der Waals surface area contributed by atoms with Gasteiger partial charge in [0.15, 0.2) is 12.1 Å². The SMILES string of the molecule is COC(=O)N[C@@H](C(=O)OCCl)c1ccccc1. The highest BCUT2D eigenvalue weighted by Crippen LogP contribution is 2.14. The van der Waals surface area contributed by atoms with Gasteiger partial charge in [0.05, 0.1) is 7.11 Å². The van der Waals surface area contributed by atoms with Crippen LogP contribution in [-0.4, -0.2) is 25.2 Å². The van der Waals surface area contributed by atoms with E-state index in [0.717, 1.165) is 0 Å². The molecule has 5 nitrogen and oxygen atoms in total. The lowest BCUT2D eigenvalue weighted by Crippen LogP contribution is -2.34. The summed E-state index contributed by atoms with van der Waals surface area (Å²) in [6, 6.07) is 7.47. The van der Waals surface area contributed by atoms with Gasteiger partial charge in [-0.1, -0.05) is 41.9 Å². The Bertz CT molecular complexity index is 382. The second kappa shape index (κ2) is 6.75. The smallest absolute Gasteiger partial charge is 0.407 e. The zero-order valence-electron chi connectivity index (χ0n) is 9.18. The number of hydrogen-bond donors (Lipinski definition) is 1. The first-order valence-electron chi connectivity index (χ1n) is 4.81. The largest absolute Gasteiger partial charge is 0.453 e. The van der Waals surface area contributed by atoms with Crippen LogP contribution in [0.15, 0.2) is 30.3 Å². The number of nitrogens with one attached hydrogen (secondary N) is 1. The van der Waals surface area contributed by atoms with Crippen molar-refractivity contribution in [2.24, 2.45) is 0 Å². The number of rotatable bonds is 4. The molecule has 1 atom stereocenters. The number of carbonyl (C=O) groups is 2. The van der Waals surface area contributed by atoms with Crippen LogP contribution in [0.25, 0.3) is 0 Å². The van der Waals surface area contributed by atoms with E-state index in [9.17, 15) is 9.59 Å². The van der Waals surface area contributed by atoms with E-state index in [0.29, 0.717) is 5.56 Å². The standard InChI is InChI=1S/C11H12ClNO4/c1-16-11(15)13-9(10(14)17-7-12)8-5-3-2-4-6-8/h2-6,9H,7H2,1H3,(H,13,15)/t9-/m1/s1. The third-order valence-electron chi connectivity index (χ3n) is 2.01. The molecule has 0 radical (unpaired) electrons. The molecule has 1 N–H and O–H groups in total. The van der Waals surface area contributed by atoms with Crippen molar-refractivity contribution < 1.29 is 19.1 Å². The van der Waals surface area contributed by atoms with E-state index in [4.69, 9.17) is 11.6 Å². The van der Waals surface area contributed by atoms with Crippen LogP contribution in [0.3, 0.4) is 0 Å². The molecule has 0 heterocycles. The number of methoxy groups -OCH3 is 1. The van der Waals surface area contributed by atoms with Gasteiger partial charge in [-0.2, -0.15) is 0 Å². The Morgan fingerprint density at radius 1 is 1.35 bits per heavy atom. The Hall–Kier alpha value is -1.75. The number of ether oxygens (including phenoxy) is 2. The summed E-state index contributed by atoms with van der Waals surface area (Å²) in [5, 5.41) is 2.37. The van der Waals surface area contributed by atoms with Crippen LogP contribution < -0.4 is 5.32 Å². The number of hydrogen-bond acceptors (Lipinski definition) is 4. The van der Waals surface area contributed by atoms with E-state index in [1.807, 2.05) is 0 Å². The minimum absolute atomic E-state index is 0.273. The van der Waals surface area contributed by atoms with Crippen LogP contribution in [-0.2, 0) is 14.3 Å². The van der Waals surface area contributed by atoms with Crippen LogP contribution in [0, 0.1) is 0 Å². The third kappa shape index (κ3) is 3.96. The van der Waals surface area contributed by atoms with E-state index in [1.165, 1.54) is 7.11 Å². The molecular weight excluding hydrogens is 246 g/mol. The van der Waals surface area contributed by atoms with Gasteiger partial charge in [-0.15, -0.1) is 0 Å². The van der Waals surface area contributed by atoms with Crippen LogP contribution >= 0.6 is 11.6 Å². The average Bonchev–Trinajstić information content (AvgIpc) is 2.36. The minimum atomic E-state index is -0.928. The minimum Gasteiger partial charge on any atom is -0.453 e. The maximum atomic E-state index is 11.6. The number of amides is 1. The molecule has 0 aliphatic rings. The quantitative estimate of drug-likeness (QED) is 0.660. The van der Waals surface area contributed by atoms with Gasteiger partial charge in [-0.05, 0) is 5.56 Å². The van der Waals surface area contributed by atoms with Crippen LogP contribution in [0.2, 0.25) is 0 Å². The Kier molecular flexibility index (Phi) is 5.29. The van der Waals surface area contributed by atoms with Gasteiger partial charge in [-0.25, -0.2) is 9.59 Å². The Labute approximate surface area is 104 Å². The van der Waals surface area contributed by atoms with Crippen molar-refractivity contribution in [2.75, 3.05) is 13.2 Å². The molecule has 17 heavy (non-hydrogen) atoms. The number of halogens is 1. The number of carbonyl (C=O) groups excluding carboxylic acids is 2. The van der Waals surface area contributed by atoms with E-state index in [2.05, 4.69) is 14.8 Å². The molecule has 92 valence electrons. The number of alkyl carbamates (subject to hydrolysis) is 1. The van der Waals surface area contributed by atoms with E-state index in [-0.39, 0.29) is 6.07 Å². The molecule has 0 aromatic heterocycles. The summed E-state index contributed by atoms with van der Waals surface area (Å²) < 4.78 is 9.10. The number of benzene rings is 1. The van der Waals surface area contributed by atoms with Gasteiger partial charge in [0, 0.05) is 0 Å². The summed E-state index contributed by atoms with van der Waals surface area (Å²) in [6.45, 7) is 0. The molecule has 1 amide bonds. The maximum absolute atomic E-state index is 11.6. The highest BCUT2D eigenvalue weighted by atomic mass is 35.5. The summed E-state index contributed by atoms with van der Waals surface area (Å²) >= 11 is 5.31. The zero-order valence-corrected chi connectivity index (χ0v) is 9.94. The predicted molar refractivity (Wildman–Crippen MR) is 61.5 cm³/mol. The fourth-order valence-electron chi connectivity index (χ4n) is 1.24. The Balaban J connectivity index is 2.86. The lowest BCUT2D eigenvalue weighted by atomic mass is 10.1. The van der Waals surface area contributed by atoms with E-state index >= 15 is 0 Å². The summed E-state index contributed by atoms with van der Waals surface area (Å²) in [4.78, 5) is 22.7. The van der Waals surface area contributed by atoms with Crippen LogP contribution in [0.4, 0.5) is 4.79 Å². The molecule has 1 rings (SSSR count). The molecule has 0 fully saturated rings. The fraction of sp³-hybridized carbons (Fsp3) is 0.273. The van der Waals surface area contributed by atoms with Gasteiger partial charge < -0.3 is 14.8 Å². The Morgan fingerprint density at radius 2 is 2.00 bits per heavy atom. The van der Waals surface area contributed by atoms with Crippen molar-refractivity contribution in [1.82, 2.24) is 5.32 Å². The first-order valence-corrected chi connectivity index (χ1v) is 5.34. The molecule has 0 saturated carbocycles. The normalized spacial score (nSPS) is 11.4.